The van der Waals surface area contributed by atoms with E-state index in [1.807, 2.05) is 0 Å². The van der Waals surface area contributed by atoms with Gasteiger partial charge in [0.15, 0.2) is 0 Å². The number of halogens is 3. The summed E-state index contributed by atoms with van der Waals surface area (Å²) in [5.74, 6) is -1.06. The fraction of sp³-hybridized carbons (Fsp3) is 0.208. The van der Waals surface area contributed by atoms with Crippen LogP contribution >= 0.6 is 0 Å². The van der Waals surface area contributed by atoms with Gasteiger partial charge in [0.2, 0.25) is 5.88 Å². The Bertz CT molecular complexity index is 1190. The maximum Gasteiger partial charge on any atom is 0.418 e. The third-order valence-corrected chi connectivity index (χ3v) is 5.43. The molecule has 0 saturated carbocycles. The summed E-state index contributed by atoms with van der Waals surface area (Å²) in [7, 11) is 0. The number of carboxylic acid groups (broad SMARTS) is 1. The summed E-state index contributed by atoms with van der Waals surface area (Å²) in [5.41, 5.74) is -0.312. The molecule has 0 atom stereocenters. The van der Waals surface area contributed by atoms with Gasteiger partial charge in [-0.05, 0) is 48.5 Å². The first-order valence-corrected chi connectivity index (χ1v) is 10.4. The number of benzene rings is 2. The number of alkyl halides is 3. The standard InChI is InChI=1S/C24H20F3N3O4/c25-24(26,27)19-5-1-2-6-20(19)29-12-14-30(15-13-29)22(31)18-4-3-11-28-21(18)34-17-9-7-16(8-10-17)23(32)33/h1-11H,12-15H2,(H,32,33). The van der Waals surface area contributed by atoms with Crippen molar-refractivity contribution in [1.82, 2.24) is 9.88 Å². The molecule has 0 spiro atoms. The molecule has 1 fully saturated rings. The van der Waals surface area contributed by atoms with E-state index in [1.54, 1.807) is 28.0 Å². The molecule has 7 nitrogen and oxygen atoms in total. The van der Waals surface area contributed by atoms with Gasteiger partial charge in [-0.1, -0.05) is 12.1 Å². The highest BCUT2D eigenvalue weighted by atomic mass is 19.4. The van der Waals surface area contributed by atoms with Crippen molar-refractivity contribution in [2.24, 2.45) is 0 Å². The highest BCUT2D eigenvalue weighted by Gasteiger charge is 2.35. The van der Waals surface area contributed by atoms with Crippen molar-refractivity contribution < 1.29 is 32.6 Å². The largest absolute Gasteiger partial charge is 0.478 e. The van der Waals surface area contributed by atoms with E-state index in [9.17, 15) is 22.8 Å². The molecule has 1 N–H and O–H groups in total. The van der Waals surface area contributed by atoms with E-state index in [0.717, 1.165) is 6.07 Å². The monoisotopic (exact) mass is 471 g/mol. The molecule has 0 unspecified atom stereocenters. The molecule has 4 rings (SSSR count). The predicted octanol–water partition coefficient (Wildman–Crippen LogP) is 4.55. The first-order chi connectivity index (χ1) is 16.2. The van der Waals surface area contributed by atoms with Gasteiger partial charge in [-0.15, -0.1) is 0 Å². The molecule has 1 aromatic heterocycles. The SMILES string of the molecule is O=C(O)c1ccc(Oc2ncccc2C(=O)N2CCN(c3ccccc3C(F)(F)F)CC2)cc1. The lowest BCUT2D eigenvalue weighted by molar-refractivity contribution is -0.137. The highest BCUT2D eigenvalue weighted by Crippen LogP contribution is 2.37. The van der Waals surface area contributed by atoms with Gasteiger partial charge >= 0.3 is 12.1 Å². The van der Waals surface area contributed by atoms with Gasteiger partial charge in [0.1, 0.15) is 11.3 Å². The number of nitrogens with zero attached hydrogens (tertiary/aromatic N) is 3. The number of hydrogen-bond donors (Lipinski definition) is 1. The van der Waals surface area contributed by atoms with Crippen LogP contribution in [0.1, 0.15) is 26.3 Å². The number of anilines is 1. The van der Waals surface area contributed by atoms with E-state index in [2.05, 4.69) is 4.98 Å². The number of ether oxygens (including phenoxy) is 1. The van der Waals surface area contributed by atoms with E-state index in [-0.39, 0.29) is 54.8 Å². The molecule has 3 aromatic rings. The Morgan fingerprint density at radius 3 is 2.24 bits per heavy atom. The van der Waals surface area contributed by atoms with Crippen molar-refractivity contribution in [3.05, 3.63) is 83.6 Å². The van der Waals surface area contributed by atoms with Gasteiger partial charge in [-0.25, -0.2) is 9.78 Å². The number of aromatic nitrogens is 1. The number of aromatic carboxylic acids is 1. The summed E-state index contributed by atoms with van der Waals surface area (Å²) in [4.78, 5) is 31.5. The summed E-state index contributed by atoms with van der Waals surface area (Å²) in [6.45, 7) is 0.942. The van der Waals surface area contributed by atoms with Crippen LogP contribution in [-0.2, 0) is 6.18 Å². The van der Waals surface area contributed by atoms with Crippen molar-refractivity contribution in [3.63, 3.8) is 0 Å². The molecule has 1 amide bonds. The number of carbonyl (C=O) groups excluding carboxylic acids is 1. The van der Waals surface area contributed by atoms with Gasteiger partial charge in [0, 0.05) is 38.1 Å². The molecule has 10 heteroatoms. The molecular weight excluding hydrogens is 451 g/mol. The molecule has 2 aromatic carbocycles. The third kappa shape index (κ3) is 4.95. The lowest BCUT2D eigenvalue weighted by Crippen LogP contribution is -2.49. The van der Waals surface area contributed by atoms with Gasteiger partial charge in [0.05, 0.1) is 11.1 Å². The number of piperazine rings is 1. The van der Waals surface area contributed by atoms with Crippen LogP contribution in [0.4, 0.5) is 18.9 Å². The van der Waals surface area contributed by atoms with Crippen molar-refractivity contribution >= 4 is 17.6 Å². The zero-order valence-corrected chi connectivity index (χ0v) is 17.8. The van der Waals surface area contributed by atoms with Crippen LogP contribution in [0.5, 0.6) is 11.6 Å². The Labute approximate surface area is 193 Å². The minimum absolute atomic E-state index is 0.0559. The Balaban J connectivity index is 1.47. The Hall–Kier alpha value is -4.08. The molecule has 2 heterocycles. The van der Waals surface area contributed by atoms with E-state index < -0.39 is 17.7 Å². The highest BCUT2D eigenvalue weighted by molar-refractivity contribution is 5.96. The first-order valence-electron chi connectivity index (χ1n) is 10.4. The van der Waals surface area contributed by atoms with Crippen LogP contribution in [0.3, 0.4) is 0 Å². The Morgan fingerprint density at radius 1 is 0.912 bits per heavy atom. The lowest BCUT2D eigenvalue weighted by Gasteiger charge is -2.37. The number of amides is 1. The van der Waals surface area contributed by atoms with Crippen molar-refractivity contribution in [3.8, 4) is 11.6 Å². The summed E-state index contributed by atoms with van der Waals surface area (Å²) < 4.78 is 45.8. The molecule has 0 aliphatic carbocycles. The van der Waals surface area contributed by atoms with Crippen LogP contribution in [0.25, 0.3) is 0 Å². The number of pyridine rings is 1. The first kappa shape index (κ1) is 23.1. The maximum absolute atomic E-state index is 13.4. The molecule has 1 aliphatic rings. The van der Waals surface area contributed by atoms with E-state index >= 15 is 0 Å². The number of para-hydroxylation sites is 1. The predicted molar refractivity (Wildman–Crippen MR) is 117 cm³/mol. The normalized spacial score (nSPS) is 14.1. The second-order valence-electron chi connectivity index (χ2n) is 7.58. The molecule has 0 bridgehead atoms. The van der Waals surface area contributed by atoms with Crippen LogP contribution in [0, 0.1) is 0 Å². The van der Waals surface area contributed by atoms with Gasteiger partial charge < -0.3 is 19.6 Å². The Morgan fingerprint density at radius 2 is 1.59 bits per heavy atom. The van der Waals surface area contributed by atoms with E-state index in [0.29, 0.717) is 5.75 Å². The average Bonchev–Trinajstić information content (AvgIpc) is 2.84. The number of carboxylic acids is 1. The van der Waals surface area contributed by atoms with Crippen LogP contribution in [0.2, 0.25) is 0 Å². The minimum Gasteiger partial charge on any atom is -0.478 e. The summed E-state index contributed by atoms with van der Waals surface area (Å²) in [6, 6.07) is 14.2. The summed E-state index contributed by atoms with van der Waals surface area (Å²) in [6.07, 6.45) is -3.00. The van der Waals surface area contributed by atoms with E-state index in [1.165, 1.54) is 42.6 Å². The number of hydrogen-bond acceptors (Lipinski definition) is 5. The topological polar surface area (TPSA) is 83.0 Å². The zero-order chi connectivity index (χ0) is 24.3. The molecule has 1 saturated heterocycles. The smallest absolute Gasteiger partial charge is 0.418 e. The zero-order valence-electron chi connectivity index (χ0n) is 17.8. The quantitative estimate of drug-likeness (QED) is 0.588. The fourth-order valence-electron chi connectivity index (χ4n) is 3.72. The summed E-state index contributed by atoms with van der Waals surface area (Å²) >= 11 is 0. The molecule has 176 valence electrons. The second kappa shape index (κ2) is 9.42. The van der Waals surface area contributed by atoms with Crippen molar-refractivity contribution in [2.75, 3.05) is 31.1 Å². The van der Waals surface area contributed by atoms with Crippen LogP contribution in [0.15, 0.2) is 66.9 Å². The van der Waals surface area contributed by atoms with Gasteiger partial charge in [-0.3, -0.25) is 4.79 Å². The molecule has 0 radical (unpaired) electrons. The maximum atomic E-state index is 13.4. The minimum atomic E-state index is -4.46. The third-order valence-electron chi connectivity index (χ3n) is 5.43. The van der Waals surface area contributed by atoms with Gasteiger partial charge in [0.25, 0.3) is 5.91 Å². The second-order valence-corrected chi connectivity index (χ2v) is 7.58. The van der Waals surface area contributed by atoms with E-state index in [4.69, 9.17) is 9.84 Å². The molecule has 1 aliphatic heterocycles. The average molecular weight is 471 g/mol. The number of carbonyl (C=O) groups is 2. The molecular formula is C24H20F3N3O4. The Kier molecular flexibility index (Phi) is 6.40. The van der Waals surface area contributed by atoms with Gasteiger partial charge in [-0.2, -0.15) is 13.2 Å². The van der Waals surface area contributed by atoms with Crippen LogP contribution in [-0.4, -0.2) is 53.0 Å². The summed E-state index contributed by atoms with van der Waals surface area (Å²) in [5, 5.41) is 9.01. The van der Waals surface area contributed by atoms with Crippen molar-refractivity contribution in [1.29, 1.82) is 0 Å². The number of rotatable bonds is 5. The fourth-order valence-corrected chi connectivity index (χ4v) is 3.72. The van der Waals surface area contributed by atoms with Crippen molar-refractivity contribution in [2.45, 2.75) is 6.18 Å². The molecule has 34 heavy (non-hydrogen) atoms. The van der Waals surface area contributed by atoms with Crippen LogP contribution < -0.4 is 9.64 Å². The lowest BCUT2D eigenvalue weighted by atomic mass is 10.1.